The van der Waals surface area contributed by atoms with Crippen LogP contribution in [0.3, 0.4) is 0 Å². The Morgan fingerprint density at radius 3 is 2.92 bits per heavy atom. The molecule has 13 heavy (non-hydrogen) atoms. The Kier molecular flexibility index (Phi) is 3.01. The third-order valence-corrected chi connectivity index (χ3v) is 3.97. The lowest BCUT2D eigenvalue weighted by molar-refractivity contribution is 0.585. The second-order valence-electron chi connectivity index (χ2n) is 3.78. The van der Waals surface area contributed by atoms with E-state index in [1.54, 1.807) is 4.88 Å². The van der Waals surface area contributed by atoms with Crippen LogP contribution < -0.4 is 5.32 Å². The molecular formula is C11H17NS. The van der Waals surface area contributed by atoms with E-state index in [9.17, 15) is 0 Å². The molecule has 1 fully saturated rings. The molecular weight excluding hydrogens is 178 g/mol. The summed E-state index contributed by atoms with van der Waals surface area (Å²) in [6.07, 6.45) is 3.84. The van der Waals surface area contributed by atoms with E-state index < -0.39 is 0 Å². The zero-order valence-corrected chi connectivity index (χ0v) is 8.99. The first-order valence-corrected chi connectivity index (χ1v) is 5.98. The molecule has 0 aliphatic carbocycles. The van der Waals surface area contributed by atoms with Crippen LogP contribution in [0.4, 0.5) is 0 Å². The second-order valence-corrected chi connectivity index (χ2v) is 5.04. The SMILES string of the molecule is CCc1ccc(CC2CCNC2)s1. The summed E-state index contributed by atoms with van der Waals surface area (Å²) in [6.45, 7) is 4.67. The van der Waals surface area contributed by atoms with Crippen LogP contribution in [0.25, 0.3) is 0 Å². The predicted octanol–water partition coefficient (Wildman–Crippen LogP) is 2.46. The molecule has 0 aromatic carbocycles. The topological polar surface area (TPSA) is 12.0 Å². The molecule has 0 radical (unpaired) electrons. The molecule has 2 rings (SSSR count). The standard InChI is InChI=1S/C11H17NS/c1-2-10-3-4-11(13-10)7-9-5-6-12-8-9/h3-4,9,12H,2,5-8H2,1H3. The van der Waals surface area contributed by atoms with Crippen molar-refractivity contribution in [2.45, 2.75) is 26.2 Å². The summed E-state index contributed by atoms with van der Waals surface area (Å²) in [5.41, 5.74) is 0. The van der Waals surface area contributed by atoms with Crippen LogP contribution in [0.2, 0.25) is 0 Å². The quantitative estimate of drug-likeness (QED) is 0.781. The van der Waals surface area contributed by atoms with Gasteiger partial charge < -0.3 is 5.32 Å². The van der Waals surface area contributed by atoms with Crippen molar-refractivity contribution in [2.24, 2.45) is 5.92 Å². The van der Waals surface area contributed by atoms with E-state index in [0.29, 0.717) is 0 Å². The van der Waals surface area contributed by atoms with Crippen LogP contribution >= 0.6 is 11.3 Å². The molecule has 2 heterocycles. The Balaban J connectivity index is 1.92. The molecule has 0 saturated carbocycles. The zero-order valence-electron chi connectivity index (χ0n) is 8.18. The van der Waals surface area contributed by atoms with Gasteiger partial charge in [-0.25, -0.2) is 0 Å². The first-order valence-electron chi connectivity index (χ1n) is 5.16. The minimum absolute atomic E-state index is 0.892. The van der Waals surface area contributed by atoms with Crippen molar-refractivity contribution in [2.75, 3.05) is 13.1 Å². The monoisotopic (exact) mass is 195 g/mol. The number of nitrogens with one attached hydrogen (secondary N) is 1. The van der Waals surface area contributed by atoms with Crippen LogP contribution in [0.5, 0.6) is 0 Å². The van der Waals surface area contributed by atoms with Gasteiger partial charge in [0.05, 0.1) is 0 Å². The second kappa shape index (κ2) is 4.25. The van der Waals surface area contributed by atoms with Crippen molar-refractivity contribution in [3.05, 3.63) is 21.9 Å². The molecule has 72 valence electrons. The molecule has 0 amide bonds. The fourth-order valence-electron chi connectivity index (χ4n) is 1.90. The molecule has 1 aromatic rings. The summed E-state index contributed by atoms with van der Waals surface area (Å²) in [7, 11) is 0. The smallest absolute Gasteiger partial charge is 0.00514 e. The van der Waals surface area contributed by atoms with Crippen molar-refractivity contribution < 1.29 is 0 Å². The number of hydrogen-bond acceptors (Lipinski definition) is 2. The highest BCUT2D eigenvalue weighted by Gasteiger charge is 2.15. The number of hydrogen-bond donors (Lipinski definition) is 1. The predicted molar refractivity (Wildman–Crippen MR) is 58.4 cm³/mol. The molecule has 0 bridgehead atoms. The summed E-state index contributed by atoms with van der Waals surface area (Å²) in [5, 5.41) is 3.42. The van der Waals surface area contributed by atoms with Crippen molar-refractivity contribution in [3.8, 4) is 0 Å². The molecule has 1 aliphatic heterocycles. The van der Waals surface area contributed by atoms with E-state index in [1.807, 2.05) is 11.3 Å². The van der Waals surface area contributed by atoms with E-state index in [-0.39, 0.29) is 0 Å². The van der Waals surface area contributed by atoms with Gasteiger partial charge in [0.25, 0.3) is 0 Å². The maximum atomic E-state index is 3.42. The summed E-state index contributed by atoms with van der Waals surface area (Å²) < 4.78 is 0. The highest BCUT2D eigenvalue weighted by Crippen LogP contribution is 2.22. The molecule has 1 saturated heterocycles. The minimum Gasteiger partial charge on any atom is -0.316 e. The Labute approximate surface area is 84.2 Å². The summed E-state index contributed by atoms with van der Waals surface area (Å²) in [5.74, 6) is 0.892. The first kappa shape index (κ1) is 9.22. The molecule has 1 atom stereocenters. The van der Waals surface area contributed by atoms with Crippen LogP contribution in [0.15, 0.2) is 12.1 Å². The van der Waals surface area contributed by atoms with E-state index in [4.69, 9.17) is 0 Å². The van der Waals surface area contributed by atoms with Crippen molar-refractivity contribution in [3.63, 3.8) is 0 Å². The maximum absolute atomic E-state index is 3.42. The third kappa shape index (κ3) is 2.32. The summed E-state index contributed by atoms with van der Waals surface area (Å²) in [4.78, 5) is 3.10. The average molecular weight is 195 g/mol. The Morgan fingerprint density at radius 2 is 2.31 bits per heavy atom. The van der Waals surface area contributed by atoms with Crippen molar-refractivity contribution >= 4 is 11.3 Å². The third-order valence-electron chi connectivity index (χ3n) is 2.72. The lowest BCUT2D eigenvalue weighted by Gasteiger charge is -2.04. The van der Waals surface area contributed by atoms with E-state index >= 15 is 0 Å². The van der Waals surface area contributed by atoms with Crippen LogP contribution in [-0.4, -0.2) is 13.1 Å². The van der Waals surface area contributed by atoms with Gasteiger partial charge in [-0.05, 0) is 50.4 Å². The van der Waals surface area contributed by atoms with Gasteiger partial charge in [-0.15, -0.1) is 11.3 Å². The summed E-state index contributed by atoms with van der Waals surface area (Å²) in [6, 6.07) is 4.59. The number of thiophene rings is 1. The van der Waals surface area contributed by atoms with Crippen LogP contribution in [0.1, 0.15) is 23.1 Å². The van der Waals surface area contributed by atoms with Gasteiger partial charge in [-0.1, -0.05) is 6.92 Å². The van der Waals surface area contributed by atoms with Gasteiger partial charge in [0, 0.05) is 9.75 Å². The van der Waals surface area contributed by atoms with Gasteiger partial charge >= 0.3 is 0 Å². The first-order chi connectivity index (χ1) is 6.38. The van der Waals surface area contributed by atoms with Gasteiger partial charge in [0.2, 0.25) is 0 Å². The highest BCUT2D eigenvalue weighted by atomic mass is 32.1. The molecule has 2 heteroatoms. The molecule has 1 N–H and O–H groups in total. The van der Waals surface area contributed by atoms with E-state index in [0.717, 1.165) is 5.92 Å². The Bertz CT molecular complexity index is 261. The highest BCUT2D eigenvalue weighted by molar-refractivity contribution is 7.11. The minimum atomic E-state index is 0.892. The van der Waals surface area contributed by atoms with E-state index in [2.05, 4.69) is 24.4 Å². The molecule has 0 spiro atoms. The van der Waals surface area contributed by atoms with Gasteiger partial charge in [-0.2, -0.15) is 0 Å². The lowest BCUT2D eigenvalue weighted by Crippen LogP contribution is -2.10. The van der Waals surface area contributed by atoms with Gasteiger partial charge in [0.15, 0.2) is 0 Å². The largest absolute Gasteiger partial charge is 0.316 e. The average Bonchev–Trinajstić information content (AvgIpc) is 2.76. The fraction of sp³-hybridized carbons (Fsp3) is 0.636. The normalized spacial score (nSPS) is 22.4. The lowest BCUT2D eigenvalue weighted by atomic mass is 10.0. The maximum Gasteiger partial charge on any atom is 0.00514 e. The zero-order chi connectivity index (χ0) is 9.10. The molecule has 1 nitrogen and oxygen atoms in total. The molecule has 1 aromatic heterocycles. The fourth-order valence-corrected chi connectivity index (χ4v) is 2.97. The van der Waals surface area contributed by atoms with Crippen LogP contribution in [0, 0.1) is 5.92 Å². The van der Waals surface area contributed by atoms with Crippen molar-refractivity contribution in [1.82, 2.24) is 5.32 Å². The number of aryl methyl sites for hydroxylation is 1. The van der Waals surface area contributed by atoms with Crippen LogP contribution in [-0.2, 0) is 12.8 Å². The summed E-state index contributed by atoms with van der Waals surface area (Å²) >= 11 is 1.99. The van der Waals surface area contributed by atoms with E-state index in [1.165, 1.54) is 37.2 Å². The molecule has 1 unspecified atom stereocenters. The molecule has 1 aliphatic rings. The van der Waals surface area contributed by atoms with Gasteiger partial charge in [0.1, 0.15) is 0 Å². The number of rotatable bonds is 3. The Morgan fingerprint density at radius 1 is 1.46 bits per heavy atom. The van der Waals surface area contributed by atoms with Gasteiger partial charge in [-0.3, -0.25) is 0 Å². The van der Waals surface area contributed by atoms with Crippen molar-refractivity contribution in [1.29, 1.82) is 0 Å². The Hall–Kier alpha value is -0.340.